The predicted octanol–water partition coefficient (Wildman–Crippen LogP) is 2.40. The second-order valence-electron chi connectivity index (χ2n) is 4.64. The van der Waals surface area contributed by atoms with Crippen LogP contribution >= 0.6 is 0 Å². The first-order valence-corrected chi connectivity index (χ1v) is 8.28. The summed E-state index contributed by atoms with van der Waals surface area (Å²) in [6.45, 7) is 6.58. The van der Waals surface area contributed by atoms with Crippen molar-refractivity contribution in [3.05, 3.63) is 29.3 Å². The van der Waals surface area contributed by atoms with E-state index in [-0.39, 0.29) is 5.75 Å². The van der Waals surface area contributed by atoms with Crippen LogP contribution < -0.4 is 9.46 Å². The highest BCUT2D eigenvalue weighted by atomic mass is 32.2. The molecule has 1 N–H and O–H groups in total. The molecule has 0 spiro atoms. The molecule has 108 valence electrons. The maximum Gasteiger partial charge on any atom is 0.211 e. The maximum absolute atomic E-state index is 11.6. The molecule has 0 saturated carbocycles. The molecule has 0 aromatic heterocycles. The zero-order valence-corrected chi connectivity index (χ0v) is 12.7. The van der Waals surface area contributed by atoms with Gasteiger partial charge in [-0.3, -0.25) is 0 Å². The van der Waals surface area contributed by atoms with Gasteiger partial charge in [0.1, 0.15) is 12.4 Å². The second kappa shape index (κ2) is 7.50. The summed E-state index contributed by atoms with van der Waals surface area (Å²) < 4.78 is 31.3. The number of benzene rings is 1. The molecule has 0 fully saturated rings. The van der Waals surface area contributed by atoms with Crippen molar-refractivity contribution in [3.63, 3.8) is 0 Å². The van der Waals surface area contributed by atoms with E-state index >= 15 is 0 Å². The molecule has 1 aromatic carbocycles. The van der Waals surface area contributed by atoms with Crippen LogP contribution in [0.2, 0.25) is 0 Å². The van der Waals surface area contributed by atoms with Crippen molar-refractivity contribution in [2.24, 2.45) is 0 Å². The van der Waals surface area contributed by atoms with Gasteiger partial charge < -0.3 is 4.74 Å². The zero-order chi connectivity index (χ0) is 14.3. The van der Waals surface area contributed by atoms with E-state index in [1.54, 1.807) is 0 Å². The van der Waals surface area contributed by atoms with Gasteiger partial charge in [0.15, 0.2) is 0 Å². The highest BCUT2D eigenvalue weighted by molar-refractivity contribution is 7.89. The van der Waals surface area contributed by atoms with Crippen LogP contribution in [0.5, 0.6) is 5.75 Å². The Balaban J connectivity index is 2.39. The van der Waals surface area contributed by atoms with Gasteiger partial charge in [-0.05, 0) is 31.4 Å². The molecule has 5 heteroatoms. The van der Waals surface area contributed by atoms with Crippen molar-refractivity contribution in [2.45, 2.75) is 33.6 Å². The number of sulfonamides is 1. The van der Waals surface area contributed by atoms with Crippen molar-refractivity contribution >= 4 is 10.0 Å². The molecule has 0 atom stereocenters. The molecule has 0 unspecified atom stereocenters. The molecule has 0 bridgehead atoms. The molecule has 19 heavy (non-hydrogen) atoms. The summed E-state index contributed by atoms with van der Waals surface area (Å²) in [7, 11) is -3.15. The van der Waals surface area contributed by atoms with Crippen LogP contribution in [0.25, 0.3) is 0 Å². The molecule has 0 aliphatic rings. The van der Waals surface area contributed by atoms with Gasteiger partial charge in [-0.1, -0.05) is 31.5 Å². The first-order chi connectivity index (χ1) is 8.96. The third kappa shape index (κ3) is 5.61. The number of hydrogen-bond acceptors (Lipinski definition) is 3. The zero-order valence-electron chi connectivity index (χ0n) is 11.9. The summed E-state index contributed by atoms with van der Waals surface area (Å²) in [6, 6.07) is 5.94. The fourth-order valence-electron chi connectivity index (χ4n) is 1.78. The number of rotatable bonds is 8. The summed E-state index contributed by atoms with van der Waals surface area (Å²) in [4.78, 5) is 0. The lowest BCUT2D eigenvalue weighted by molar-refractivity contribution is 0.318. The molecule has 1 rings (SSSR count). The Labute approximate surface area is 116 Å². The maximum atomic E-state index is 11.6. The van der Waals surface area contributed by atoms with E-state index in [9.17, 15) is 8.42 Å². The number of hydrogen-bond donors (Lipinski definition) is 1. The normalized spacial score (nSPS) is 11.5. The first kappa shape index (κ1) is 16.0. The van der Waals surface area contributed by atoms with Crippen LogP contribution in [0.15, 0.2) is 18.2 Å². The van der Waals surface area contributed by atoms with Crippen molar-refractivity contribution in [1.82, 2.24) is 4.72 Å². The Morgan fingerprint density at radius 1 is 1.21 bits per heavy atom. The number of nitrogens with one attached hydrogen (secondary N) is 1. The SMILES string of the molecule is CCCCS(=O)(=O)NCCOc1c(C)cccc1C. The van der Waals surface area contributed by atoms with Crippen LogP contribution in [0, 0.1) is 13.8 Å². The standard InChI is InChI=1S/C14H23NO3S/c1-4-5-11-19(16,17)15-9-10-18-14-12(2)7-6-8-13(14)3/h6-8,15H,4-5,9-11H2,1-3H3. The van der Waals surface area contributed by atoms with E-state index in [2.05, 4.69) is 4.72 Å². The highest BCUT2D eigenvalue weighted by Crippen LogP contribution is 2.21. The topological polar surface area (TPSA) is 55.4 Å². The van der Waals surface area contributed by atoms with Crippen molar-refractivity contribution in [3.8, 4) is 5.75 Å². The lowest BCUT2D eigenvalue weighted by Gasteiger charge is -2.12. The Hall–Kier alpha value is -1.07. The van der Waals surface area contributed by atoms with Gasteiger partial charge >= 0.3 is 0 Å². The monoisotopic (exact) mass is 285 g/mol. The van der Waals surface area contributed by atoms with E-state index in [4.69, 9.17) is 4.74 Å². The van der Waals surface area contributed by atoms with E-state index < -0.39 is 10.0 Å². The summed E-state index contributed by atoms with van der Waals surface area (Å²) >= 11 is 0. The van der Waals surface area contributed by atoms with E-state index in [0.29, 0.717) is 19.6 Å². The Kier molecular flexibility index (Phi) is 6.31. The van der Waals surface area contributed by atoms with Crippen LogP contribution in [0.4, 0.5) is 0 Å². The smallest absolute Gasteiger partial charge is 0.211 e. The Morgan fingerprint density at radius 3 is 2.42 bits per heavy atom. The van der Waals surface area contributed by atoms with Gasteiger partial charge in [0.25, 0.3) is 0 Å². The summed E-state index contributed by atoms with van der Waals surface area (Å²) in [5, 5.41) is 0. The third-order valence-electron chi connectivity index (χ3n) is 2.85. The summed E-state index contributed by atoms with van der Waals surface area (Å²) in [5.41, 5.74) is 2.13. The molecule has 1 aromatic rings. The fourth-order valence-corrected chi connectivity index (χ4v) is 2.99. The fraction of sp³-hybridized carbons (Fsp3) is 0.571. The van der Waals surface area contributed by atoms with Gasteiger partial charge in [0.05, 0.1) is 5.75 Å². The van der Waals surface area contributed by atoms with Gasteiger partial charge in [0, 0.05) is 6.54 Å². The number of aryl methyl sites for hydroxylation is 2. The van der Waals surface area contributed by atoms with Gasteiger partial charge in [-0.25, -0.2) is 13.1 Å². The molecule has 0 aliphatic carbocycles. The first-order valence-electron chi connectivity index (χ1n) is 6.62. The number of para-hydroxylation sites is 1. The summed E-state index contributed by atoms with van der Waals surface area (Å²) in [5.74, 6) is 1.03. The van der Waals surface area contributed by atoms with Crippen molar-refractivity contribution in [2.75, 3.05) is 18.9 Å². The van der Waals surface area contributed by atoms with Crippen LogP contribution in [-0.2, 0) is 10.0 Å². The molecule has 0 heterocycles. The minimum absolute atomic E-state index is 0.187. The minimum Gasteiger partial charge on any atom is -0.492 e. The molecule has 0 radical (unpaired) electrons. The van der Waals surface area contributed by atoms with Gasteiger partial charge in [-0.15, -0.1) is 0 Å². The predicted molar refractivity (Wildman–Crippen MR) is 78.1 cm³/mol. The average molecular weight is 285 g/mol. The van der Waals surface area contributed by atoms with Gasteiger partial charge in [-0.2, -0.15) is 0 Å². The quantitative estimate of drug-likeness (QED) is 0.746. The Bertz CT molecular complexity index is 477. The van der Waals surface area contributed by atoms with Crippen molar-refractivity contribution in [1.29, 1.82) is 0 Å². The van der Waals surface area contributed by atoms with E-state index in [1.807, 2.05) is 39.0 Å². The van der Waals surface area contributed by atoms with Crippen LogP contribution in [-0.4, -0.2) is 27.3 Å². The molecule has 0 amide bonds. The molecule has 0 saturated heterocycles. The third-order valence-corrected chi connectivity index (χ3v) is 4.32. The molecule has 4 nitrogen and oxygen atoms in total. The number of unbranched alkanes of at least 4 members (excludes halogenated alkanes) is 1. The largest absolute Gasteiger partial charge is 0.492 e. The lowest BCUT2D eigenvalue weighted by atomic mass is 10.1. The molecule has 0 aliphatic heterocycles. The number of ether oxygens (including phenoxy) is 1. The molecular formula is C14H23NO3S. The summed E-state index contributed by atoms with van der Waals surface area (Å²) in [6.07, 6.45) is 1.56. The molecular weight excluding hydrogens is 262 g/mol. The average Bonchev–Trinajstić information content (AvgIpc) is 2.35. The minimum atomic E-state index is -3.15. The lowest BCUT2D eigenvalue weighted by Crippen LogP contribution is -2.30. The Morgan fingerprint density at radius 2 is 1.84 bits per heavy atom. The van der Waals surface area contributed by atoms with Crippen LogP contribution in [0.3, 0.4) is 0 Å². The van der Waals surface area contributed by atoms with Crippen molar-refractivity contribution < 1.29 is 13.2 Å². The van der Waals surface area contributed by atoms with Gasteiger partial charge in [0.2, 0.25) is 10.0 Å². The van der Waals surface area contributed by atoms with E-state index in [0.717, 1.165) is 23.3 Å². The second-order valence-corrected chi connectivity index (χ2v) is 6.56. The van der Waals surface area contributed by atoms with Crippen LogP contribution in [0.1, 0.15) is 30.9 Å². The highest BCUT2D eigenvalue weighted by Gasteiger charge is 2.09. The van der Waals surface area contributed by atoms with E-state index in [1.165, 1.54) is 0 Å².